The highest BCUT2D eigenvalue weighted by Gasteiger charge is 2.26. The summed E-state index contributed by atoms with van der Waals surface area (Å²) in [5.41, 5.74) is 3.50. The minimum atomic E-state index is -0.728. The van der Waals surface area contributed by atoms with Crippen molar-refractivity contribution in [3.05, 3.63) is 45.6 Å². The van der Waals surface area contributed by atoms with E-state index < -0.39 is 5.97 Å². The van der Waals surface area contributed by atoms with Crippen LogP contribution in [0.1, 0.15) is 61.5 Å². The quantitative estimate of drug-likeness (QED) is 0.754. The van der Waals surface area contributed by atoms with Crippen molar-refractivity contribution in [1.29, 1.82) is 0 Å². The van der Waals surface area contributed by atoms with E-state index in [0.29, 0.717) is 5.92 Å². The number of nitrogens with zero attached hydrogens (tertiary/aromatic N) is 3. The maximum atomic E-state index is 13.2. The van der Waals surface area contributed by atoms with Gasteiger partial charge in [0.25, 0.3) is 0 Å². The number of nitrogens with one attached hydrogen (secondary N) is 1. The summed E-state index contributed by atoms with van der Waals surface area (Å²) in [7, 11) is 0. The molecule has 4 rings (SSSR count). The molecule has 2 aromatic rings. The largest absolute Gasteiger partial charge is 0.481 e. The lowest BCUT2D eigenvalue weighted by molar-refractivity contribution is -0.137. The Bertz CT molecular complexity index is 944. The Morgan fingerprint density at radius 3 is 2.57 bits per heavy atom. The Hall–Kier alpha value is -2.12. The third kappa shape index (κ3) is 4.78. The van der Waals surface area contributed by atoms with Crippen LogP contribution in [0, 0.1) is 12.8 Å². The maximum Gasteiger partial charge on any atom is 0.350 e. The average Bonchev–Trinajstić information content (AvgIpc) is 2.87. The molecule has 8 heteroatoms. The van der Waals surface area contributed by atoms with Gasteiger partial charge >= 0.3 is 11.7 Å². The number of benzene rings is 1. The number of aryl methyl sites for hydroxylation is 1. The van der Waals surface area contributed by atoms with Crippen LogP contribution in [0.4, 0.5) is 0 Å². The summed E-state index contributed by atoms with van der Waals surface area (Å²) in [6.45, 7) is 3.86. The Balaban J connectivity index is 0.00000256. The van der Waals surface area contributed by atoms with E-state index in [0.717, 1.165) is 69.5 Å². The normalized spacial score (nSPS) is 21.4. The van der Waals surface area contributed by atoms with Gasteiger partial charge in [0.1, 0.15) is 5.82 Å². The minimum Gasteiger partial charge on any atom is -0.481 e. The Labute approximate surface area is 182 Å². The lowest BCUT2D eigenvalue weighted by atomic mass is 9.83. The summed E-state index contributed by atoms with van der Waals surface area (Å²) in [6, 6.07) is 6.43. The molecular formula is C22H31ClN4O3. The van der Waals surface area contributed by atoms with Crippen LogP contribution >= 0.6 is 12.4 Å². The van der Waals surface area contributed by atoms with Gasteiger partial charge in [-0.15, -0.1) is 12.4 Å². The molecule has 2 N–H and O–H groups in total. The number of carboxylic acids is 1. The van der Waals surface area contributed by atoms with E-state index in [4.69, 9.17) is 5.11 Å². The fourth-order valence-corrected chi connectivity index (χ4v) is 4.82. The second kappa shape index (κ2) is 9.79. The predicted octanol–water partition coefficient (Wildman–Crippen LogP) is 3.05. The van der Waals surface area contributed by atoms with Crippen molar-refractivity contribution in [3.8, 4) is 5.69 Å². The van der Waals surface area contributed by atoms with E-state index >= 15 is 0 Å². The highest BCUT2D eigenvalue weighted by Crippen LogP contribution is 2.33. The van der Waals surface area contributed by atoms with Crippen molar-refractivity contribution >= 4 is 18.4 Å². The highest BCUT2D eigenvalue weighted by molar-refractivity contribution is 5.85. The molecule has 0 unspecified atom stereocenters. The van der Waals surface area contributed by atoms with E-state index in [1.54, 1.807) is 9.25 Å². The topological polar surface area (TPSA) is 89.2 Å². The van der Waals surface area contributed by atoms with Crippen LogP contribution < -0.4 is 11.0 Å². The number of hydrogen-bond donors (Lipinski definition) is 2. The molecule has 30 heavy (non-hydrogen) atoms. The molecular weight excluding hydrogens is 404 g/mol. The van der Waals surface area contributed by atoms with Crippen LogP contribution in [0.5, 0.6) is 0 Å². The first-order valence-electron chi connectivity index (χ1n) is 10.8. The molecule has 1 aliphatic heterocycles. The number of aromatic nitrogens is 3. The Kier molecular flexibility index (Phi) is 7.36. The second-order valence-corrected chi connectivity index (χ2v) is 8.42. The third-order valence-corrected chi connectivity index (χ3v) is 6.48. The van der Waals surface area contributed by atoms with Gasteiger partial charge in [-0.25, -0.2) is 14.0 Å². The van der Waals surface area contributed by atoms with E-state index in [-0.39, 0.29) is 30.6 Å². The molecule has 0 amide bonds. The van der Waals surface area contributed by atoms with Gasteiger partial charge in [0.15, 0.2) is 0 Å². The molecule has 1 aromatic carbocycles. The predicted molar refractivity (Wildman–Crippen MR) is 118 cm³/mol. The van der Waals surface area contributed by atoms with E-state index in [1.807, 2.05) is 13.0 Å². The van der Waals surface area contributed by atoms with Gasteiger partial charge in [-0.2, -0.15) is 5.10 Å². The average molecular weight is 435 g/mol. The first kappa shape index (κ1) is 22.6. The number of hydrogen-bond acceptors (Lipinski definition) is 4. The summed E-state index contributed by atoms with van der Waals surface area (Å²) in [5.74, 6) is 0.434. The van der Waals surface area contributed by atoms with Crippen molar-refractivity contribution in [2.45, 2.75) is 64.3 Å². The molecule has 164 valence electrons. The maximum absolute atomic E-state index is 13.2. The van der Waals surface area contributed by atoms with E-state index in [2.05, 4.69) is 22.5 Å². The molecule has 1 aromatic heterocycles. The smallest absolute Gasteiger partial charge is 0.350 e. The summed E-state index contributed by atoms with van der Waals surface area (Å²) in [5, 5.41) is 16.9. The van der Waals surface area contributed by atoms with Crippen molar-refractivity contribution in [2.75, 3.05) is 13.1 Å². The molecule has 2 heterocycles. The zero-order valence-corrected chi connectivity index (χ0v) is 18.3. The fourth-order valence-electron chi connectivity index (χ4n) is 4.82. The molecule has 1 saturated carbocycles. The molecule has 0 radical (unpaired) electrons. The van der Waals surface area contributed by atoms with Gasteiger partial charge in [0, 0.05) is 6.42 Å². The molecule has 1 aliphatic carbocycles. The highest BCUT2D eigenvalue weighted by atomic mass is 35.5. The van der Waals surface area contributed by atoms with Crippen molar-refractivity contribution in [1.82, 2.24) is 19.7 Å². The van der Waals surface area contributed by atoms with Gasteiger partial charge in [-0.1, -0.05) is 6.07 Å². The van der Waals surface area contributed by atoms with Crippen molar-refractivity contribution in [2.24, 2.45) is 5.92 Å². The zero-order chi connectivity index (χ0) is 20.4. The Morgan fingerprint density at radius 2 is 1.87 bits per heavy atom. The molecule has 0 atom stereocenters. The lowest BCUT2D eigenvalue weighted by Gasteiger charge is -2.27. The van der Waals surface area contributed by atoms with Crippen LogP contribution in [-0.4, -0.2) is 38.5 Å². The molecule has 0 bridgehead atoms. The van der Waals surface area contributed by atoms with Gasteiger partial charge in [0.05, 0.1) is 11.7 Å². The number of carbonyl (C=O) groups is 1. The van der Waals surface area contributed by atoms with Gasteiger partial charge < -0.3 is 10.4 Å². The summed E-state index contributed by atoms with van der Waals surface area (Å²) in [6.07, 6.45) is 6.65. The SMILES string of the molecule is Cc1nn(C2CCC(CCC(=O)O)CC2)c(=O)n1-c1ccc2c(c1)CCNCC2.Cl. The first-order chi connectivity index (χ1) is 14.0. The van der Waals surface area contributed by atoms with Crippen molar-refractivity contribution in [3.63, 3.8) is 0 Å². The fraction of sp³-hybridized carbons (Fsp3) is 0.591. The van der Waals surface area contributed by atoms with Crippen LogP contribution in [-0.2, 0) is 17.6 Å². The van der Waals surface area contributed by atoms with Gasteiger partial charge in [0.2, 0.25) is 0 Å². The van der Waals surface area contributed by atoms with Crippen LogP contribution in [0.3, 0.4) is 0 Å². The first-order valence-corrected chi connectivity index (χ1v) is 10.8. The Morgan fingerprint density at radius 1 is 1.17 bits per heavy atom. The monoisotopic (exact) mass is 434 g/mol. The van der Waals surface area contributed by atoms with E-state index in [1.165, 1.54) is 11.1 Å². The van der Waals surface area contributed by atoms with Gasteiger partial charge in [-0.3, -0.25) is 4.79 Å². The summed E-state index contributed by atoms with van der Waals surface area (Å²) < 4.78 is 3.39. The number of carboxylic acid groups (broad SMARTS) is 1. The summed E-state index contributed by atoms with van der Waals surface area (Å²) in [4.78, 5) is 24.0. The third-order valence-electron chi connectivity index (χ3n) is 6.48. The minimum absolute atomic E-state index is 0. The lowest BCUT2D eigenvalue weighted by Crippen LogP contribution is -2.30. The van der Waals surface area contributed by atoms with Crippen LogP contribution in [0.2, 0.25) is 0 Å². The number of fused-ring (bicyclic) bond motifs is 1. The van der Waals surface area contributed by atoms with Crippen LogP contribution in [0.15, 0.2) is 23.0 Å². The van der Waals surface area contributed by atoms with Crippen molar-refractivity contribution < 1.29 is 9.90 Å². The molecule has 1 fully saturated rings. The summed E-state index contributed by atoms with van der Waals surface area (Å²) >= 11 is 0. The number of aliphatic carboxylic acids is 1. The molecule has 0 saturated heterocycles. The van der Waals surface area contributed by atoms with Gasteiger partial charge in [-0.05, 0) is 94.1 Å². The zero-order valence-electron chi connectivity index (χ0n) is 17.5. The molecule has 7 nitrogen and oxygen atoms in total. The standard InChI is InChI=1S/C22H30N4O3.ClH/c1-15-24-26(19-6-2-16(3-7-19)4-9-21(27)28)22(29)25(15)20-8-5-17-10-12-23-13-11-18(17)14-20;/h5,8,14,16,19,23H,2-4,6-7,9-13H2,1H3,(H,27,28);1H. The van der Waals surface area contributed by atoms with E-state index in [9.17, 15) is 9.59 Å². The second-order valence-electron chi connectivity index (χ2n) is 8.42. The molecule has 0 spiro atoms. The van der Waals surface area contributed by atoms with Crippen LogP contribution in [0.25, 0.3) is 5.69 Å². The molecule has 2 aliphatic rings. The number of halogens is 1. The number of rotatable bonds is 5.